The van der Waals surface area contributed by atoms with Gasteiger partial charge >= 0.3 is 12.1 Å². The third-order valence-electron chi connectivity index (χ3n) is 2.42. The standard InChI is InChI=1S/C14H15NO4S/c1-14(2,3)19-13(18)15-11-10(12(16)17)8-6-4-5-7-9(8)20-11/h4-7H,1-3H3,(H,15,18)(H,16,17). The second kappa shape index (κ2) is 5.13. The first-order chi connectivity index (χ1) is 9.28. The maximum absolute atomic E-state index is 11.8. The van der Waals surface area contributed by atoms with Gasteiger partial charge in [0.25, 0.3) is 0 Å². The Labute approximate surface area is 120 Å². The number of carbonyl (C=O) groups is 2. The third kappa shape index (κ3) is 3.08. The number of fused-ring (bicyclic) bond motifs is 1. The van der Waals surface area contributed by atoms with Crippen molar-refractivity contribution in [2.24, 2.45) is 0 Å². The van der Waals surface area contributed by atoms with Crippen molar-refractivity contribution in [2.75, 3.05) is 5.32 Å². The van der Waals surface area contributed by atoms with Gasteiger partial charge in [-0.25, -0.2) is 9.59 Å². The number of hydrogen-bond donors (Lipinski definition) is 2. The summed E-state index contributed by atoms with van der Waals surface area (Å²) in [6.45, 7) is 5.24. The molecule has 0 aliphatic rings. The molecule has 0 aliphatic carbocycles. The lowest BCUT2D eigenvalue weighted by molar-refractivity contribution is 0.0636. The average Bonchev–Trinajstić information content (AvgIpc) is 2.63. The van der Waals surface area contributed by atoms with E-state index in [0.29, 0.717) is 5.39 Å². The molecule has 0 bridgehead atoms. The number of carboxylic acids is 1. The van der Waals surface area contributed by atoms with Crippen LogP contribution in [0.15, 0.2) is 24.3 Å². The van der Waals surface area contributed by atoms with Crippen molar-refractivity contribution in [3.8, 4) is 0 Å². The molecule has 0 saturated carbocycles. The number of aromatic carboxylic acids is 1. The molecule has 0 radical (unpaired) electrons. The van der Waals surface area contributed by atoms with E-state index >= 15 is 0 Å². The molecule has 2 aromatic rings. The van der Waals surface area contributed by atoms with Gasteiger partial charge in [-0.1, -0.05) is 18.2 Å². The topological polar surface area (TPSA) is 75.6 Å². The first-order valence-electron chi connectivity index (χ1n) is 6.03. The molecule has 2 rings (SSSR count). The minimum atomic E-state index is -1.08. The van der Waals surface area contributed by atoms with Gasteiger partial charge in [0.05, 0.1) is 0 Å². The lowest BCUT2D eigenvalue weighted by atomic mass is 10.1. The number of rotatable bonds is 2. The van der Waals surface area contributed by atoms with E-state index in [1.807, 2.05) is 12.1 Å². The molecule has 0 spiro atoms. The highest BCUT2D eigenvalue weighted by molar-refractivity contribution is 7.23. The van der Waals surface area contributed by atoms with E-state index in [1.165, 1.54) is 11.3 Å². The second-order valence-corrected chi connectivity index (χ2v) is 6.29. The van der Waals surface area contributed by atoms with E-state index < -0.39 is 17.7 Å². The molecule has 5 nitrogen and oxygen atoms in total. The molecular formula is C14H15NO4S. The number of anilines is 1. The fourth-order valence-corrected chi connectivity index (χ4v) is 2.82. The Bertz CT molecular complexity index is 669. The fraction of sp³-hybridized carbons (Fsp3) is 0.286. The van der Waals surface area contributed by atoms with Crippen LogP contribution in [0, 0.1) is 0 Å². The predicted molar refractivity (Wildman–Crippen MR) is 78.6 cm³/mol. The summed E-state index contributed by atoms with van der Waals surface area (Å²) in [5.41, 5.74) is -0.541. The molecule has 1 aromatic carbocycles. The van der Waals surface area contributed by atoms with Gasteiger partial charge in [0, 0.05) is 10.1 Å². The van der Waals surface area contributed by atoms with Gasteiger partial charge in [0.15, 0.2) is 0 Å². The molecule has 106 valence electrons. The number of benzene rings is 1. The van der Waals surface area contributed by atoms with Crippen LogP contribution in [-0.4, -0.2) is 22.8 Å². The smallest absolute Gasteiger partial charge is 0.412 e. The van der Waals surface area contributed by atoms with Crippen LogP contribution in [0.3, 0.4) is 0 Å². The normalized spacial score (nSPS) is 11.3. The second-order valence-electron chi connectivity index (χ2n) is 5.23. The Morgan fingerprint density at radius 3 is 2.50 bits per heavy atom. The number of carbonyl (C=O) groups excluding carboxylic acids is 1. The molecule has 2 N–H and O–H groups in total. The summed E-state index contributed by atoms with van der Waals surface area (Å²) >= 11 is 1.21. The van der Waals surface area contributed by atoms with Crippen molar-refractivity contribution in [2.45, 2.75) is 26.4 Å². The van der Waals surface area contributed by atoms with Crippen LogP contribution in [0.25, 0.3) is 10.1 Å². The van der Waals surface area contributed by atoms with Crippen molar-refractivity contribution >= 4 is 38.5 Å². The molecule has 0 aliphatic heterocycles. The van der Waals surface area contributed by atoms with Crippen LogP contribution in [0.1, 0.15) is 31.1 Å². The molecule has 1 aromatic heterocycles. The van der Waals surface area contributed by atoms with Crippen LogP contribution >= 0.6 is 11.3 Å². The Morgan fingerprint density at radius 1 is 1.25 bits per heavy atom. The summed E-state index contributed by atoms with van der Waals surface area (Å²) in [6, 6.07) is 7.11. The van der Waals surface area contributed by atoms with Crippen molar-refractivity contribution < 1.29 is 19.4 Å². The number of hydrogen-bond acceptors (Lipinski definition) is 4. The maximum Gasteiger partial charge on any atom is 0.412 e. The van der Waals surface area contributed by atoms with Crippen molar-refractivity contribution in [3.05, 3.63) is 29.8 Å². The lowest BCUT2D eigenvalue weighted by Crippen LogP contribution is -2.27. The Morgan fingerprint density at radius 2 is 1.90 bits per heavy atom. The minimum Gasteiger partial charge on any atom is -0.478 e. The highest BCUT2D eigenvalue weighted by Crippen LogP contribution is 2.35. The van der Waals surface area contributed by atoms with Crippen LogP contribution < -0.4 is 5.32 Å². The van der Waals surface area contributed by atoms with Crippen molar-refractivity contribution in [3.63, 3.8) is 0 Å². The summed E-state index contributed by atoms with van der Waals surface area (Å²) < 4.78 is 5.94. The van der Waals surface area contributed by atoms with Gasteiger partial charge in [-0.15, -0.1) is 11.3 Å². The average molecular weight is 293 g/mol. The quantitative estimate of drug-likeness (QED) is 0.879. The van der Waals surface area contributed by atoms with Gasteiger partial charge in [-0.2, -0.15) is 0 Å². The van der Waals surface area contributed by atoms with E-state index in [2.05, 4.69) is 5.32 Å². The van der Waals surface area contributed by atoms with Gasteiger partial charge in [-0.05, 0) is 26.8 Å². The molecular weight excluding hydrogens is 278 g/mol. The maximum atomic E-state index is 11.8. The Hall–Kier alpha value is -2.08. The fourth-order valence-electron chi connectivity index (χ4n) is 1.74. The summed E-state index contributed by atoms with van der Waals surface area (Å²) in [4.78, 5) is 23.1. The summed E-state index contributed by atoms with van der Waals surface area (Å²) in [5, 5.41) is 12.7. The first kappa shape index (κ1) is 14.3. The Kier molecular flexibility index (Phi) is 3.67. The van der Waals surface area contributed by atoms with Crippen LogP contribution in [0.2, 0.25) is 0 Å². The number of amides is 1. The van der Waals surface area contributed by atoms with Gasteiger partial charge in [-0.3, -0.25) is 5.32 Å². The largest absolute Gasteiger partial charge is 0.478 e. The SMILES string of the molecule is CC(C)(C)OC(=O)Nc1sc2ccccc2c1C(=O)O. The van der Waals surface area contributed by atoms with Gasteiger partial charge < -0.3 is 9.84 Å². The number of thiophene rings is 1. The highest BCUT2D eigenvalue weighted by atomic mass is 32.1. The zero-order chi connectivity index (χ0) is 14.9. The van der Waals surface area contributed by atoms with E-state index in [1.54, 1.807) is 32.9 Å². The van der Waals surface area contributed by atoms with Crippen molar-refractivity contribution in [1.29, 1.82) is 0 Å². The van der Waals surface area contributed by atoms with E-state index in [-0.39, 0.29) is 10.6 Å². The minimum absolute atomic E-state index is 0.0939. The summed E-state index contributed by atoms with van der Waals surface area (Å²) in [7, 11) is 0. The van der Waals surface area contributed by atoms with Gasteiger partial charge in [0.1, 0.15) is 16.2 Å². The molecule has 6 heteroatoms. The molecule has 0 fully saturated rings. The monoisotopic (exact) mass is 293 g/mol. The highest BCUT2D eigenvalue weighted by Gasteiger charge is 2.22. The number of nitrogens with one attached hydrogen (secondary N) is 1. The van der Waals surface area contributed by atoms with Crippen molar-refractivity contribution in [1.82, 2.24) is 0 Å². The molecule has 0 unspecified atom stereocenters. The van der Waals surface area contributed by atoms with Gasteiger partial charge in [0.2, 0.25) is 0 Å². The molecule has 20 heavy (non-hydrogen) atoms. The predicted octanol–water partition coefficient (Wildman–Crippen LogP) is 3.95. The summed E-state index contributed by atoms with van der Waals surface area (Å²) in [5.74, 6) is -1.08. The first-order valence-corrected chi connectivity index (χ1v) is 6.84. The lowest BCUT2D eigenvalue weighted by Gasteiger charge is -2.19. The van der Waals surface area contributed by atoms with Crippen LogP contribution in [-0.2, 0) is 4.74 Å². The van der Waals surface area contributed by atoms with E-state index in [9.17, 15) is 14.7 Å². The molecule has 0 atom stereocenters. The number of carboxylic acid groups (broad SMARTS) is 1. The third-order valence-corrected chi connectivity index (χ3v) is 3.51. The number of ether oxygens (including phenoxy) is 1. The van der Waals surface area contributed by atoms with E-state index in [0.717, 1.165) is 4.70 Å². The molecule has 0 saturated heterocycles. The zero-order valence-electron chi connectivity index (χ0n) is 11.4. The Balaban J connectivity index is 2.37. The summed E-state index contributed by atoms with van der Waals surface area (Å²) in [6.07, 6.45) is -0.661. The van der Waals surface area contributed by atoms with E-state index in [4.69, 9.17) is 4.74 Å². The van der Waals surface area contributed by atoms with Crippen LogP contribution in [0.5, 0.6) is 0 Å². The van der Waals surface area contributed by atoms with Crippen LogP contribution in [0.4, 0.5) is 9.80 Å². The molecule has 1 amide bonds. The molecule has 1 heterocycles. The zero-order valence-corrected chi connectivity index (χ0v) is 12.2.